The maximum atomic E-state index is 12.5. The van der Waals surface area contributed by atoms with Crippen molar-refractivity contribution in [3.05, 3.63) is 41.8 Å². The lowest BCUT2D eigenvalue weighted by molar-refractivity contribution is 0.0789. The summed E-state index contributed by atoms with van der Waals surface area (Å²) in [6.45, 7) is 1.36. The summed E-state index contributed by atoms with van der Waals surface area (Å²) in [5.41, 5.74) is 0.630. The van der Waals surface area contributed by atoms with Crippen molar-refractivity contribution in [1.29, 1.82) is 0 Å². The van der Waals surface area contributed by atoms with E-state index in [0.29, 0.717) is 23.9 Å². The van der Waals surface area contributed by atoms with Crippen LogP contribution in [0.25, 0.3) is 0 Å². The molecule has 6 heteroatoms. The number of pyridine rings is 1. The van der Waals surface area contributed by atoms with E-state index in [2.05, 4.69) is 15.1 Å². The summed E-state index contributed by atoms with van der Waals surface area (Å²) >= 11 is 0. The quantitative estimate of drug-likeness (QED) is 0.871. The molecule has 120 valence electrons. The second kappa shape index (κ2) is 6.10. The number of aromatic nitrogens is 3. The first-order valence-corrected chi connectivity index (χ1v) is 8.34. The Morgan fingerprint density at radius 2 is 2.09 bits per heavy atom. The second-order valence-electron chi connectivity index (χ2n) is 6.45. The number of rotatable bonds is 3. The maximum Gasteiger partial charge on any atom is 0.255 e. The predicted octanol–water partition coefficient (Wildman–Crippen LogP) is 2.75. The predicted molar refractivity (Wildman–Crippen MR) is 83.0 cm³/mol. The summed E-state index contributed by atoms with van der Waals surface area (Å²) in [5.74, 6) is 2.18. The van der Waals surface area contributed by atoms with Gasteiger partial charge in [0, 0.05) is 31.4 Å². The van der Waals surface area contributed by atoms with E-state index < -0.39 is 0 Å². The van der Waals surface area contributed by atoms with Crippen LogP contribution in [0, 0.1) is 0 Å². The van der Waals surface area contributed by atoms with Crippen LogP contribution in [0.2, 0.25) is 0 Å². The molecule has 1 amide bonds. The van der Waals surface area contributed by atoms with E-state index in [1.165, 1.54) is 12.8 Å². The SMILES string of the molecule is O=C(c1cccnc1)N1CC[C@H](c2nc(C3CCCC3)no2)C1. The number of carbonyl (C=O) groups is 1. The van der Waals surface area contributed by atoms with Gasteiger partial charge in [0.1, 0.15) is 0 Å². The van der Waals surface area contributed by atoms with Crippen LogP contribution in [-0.4, -0.2) is 39.0 Å². The summed E-state index contributed by atoms with van der Waals surface area (Å²) in [6.07, 6.45) is 8.99. The Labute approximate surface area is 134 Å². The van der Waals surface area contributed by atoms with E-state index >= 15 is 0 Å². The van der Waals surface area contributed by atoms with Gasteiger partial charge in [-0.25, -0.2) is 0 Å². The van der Waals surface area contributed by atoms with Crippen LogP contribution >= 0.6 is 0 Å². The van der Waals surface area contributed by atoms with E-state index in [-0.39, 0.29) is 11.8 Å². The molecule has 0 radical (unpaired) electrons. The Hall–Kier alpha value is -2.24. The number of hydrogen-bond donors (Lipinski definition) is 0. The molecule has 23 heavy (non-hydrogen) atoms. The number of amides is 1. The zero-order chi connectivity index (χ0) is 15.6. The molecule has 0 bridgehead atoms. The van der Waals surface area contributed by atoms with Crippen molar-refractivity contribution in [2.75, 3.05) is 13.1 Å². The molecule has 0 spiro atoms. The van der Waals surface area contributed by atoms with Crippen molar-refractivity contribution in [2.24, 2.45) is 0 Å². The molecule has 0 aromatic carbocycles. The minimum Gasteiger partial charge on any atom is -0.339 e. The van der Waals surface area contributed by atoms with Gasteiger partial charge in [0.05, 0.1) is 11.5 Å². The minimum absolute atomic E-state index is 0.0242. The van der Waals surface area contributed by atoms with Gasteiger partial charge in [-0.1, -0.05) is 18.0 Å². The first kappa shape index (κ1) is 14.4. The van der Waals surface area contributed by atoms with Crippen molar-refractivity contribution >= 4 is 5.91 Å². The lowest BCUT2D eigenvalue weighted by Gasteiger charge is -2.15. The zero-order valence-electron chi connectivity index (χ0n) is 13.0. The fourth-order valence-corrected chi connectivity index (χ4v) is 3.58. The Kier molecular flexibility index (Phi) is 3.81. The van der Waals surface area contributed by atoms with E-state index in [0.717, 1.165) is 31.6 Å². The summed E-state index contributed by atoms with van der Waals surface area (Å²) < 4.78 is 5.48. The molecule has 1 atom stereocenters. The Morgan fingerprint density at radius 3 is 2.87 bits per heavy atom. The van der Waals surface area contributed by atoms with E-state index in [1.807, 2.05) is 4.90 Å². The average Bonchev–Trinajstić information content (AvgIpc) is 3.34. The van der Waals surface area contributed by atoms with Crippen LogP contribution in [0.1, 0.15) is 66.0 Å². The molecular weight excluding hydrogens is 292 g/mol. The fourth-order valence-electron chi connectivity index (χ4n) is 3.58. The third-order valence-corrected chi connectivity index (χ3v) is 4.91. The Bertz CT molecular complexity index is 679. The number of likely N-dealkylation sites (tertiary alicyclic amines) is 1. The molecule has 0 unspecified atom stereocenters. The molecule has 2 aromatic heterocycles. The normalized spacial score (nSPS) is 21.9. The van der Waals surface area contributed by atoms with Crippen LogP contribution in [0.5, 0.6) is 0 Å². The molecule has 2 fully saturated rings. The van der Waals surface area contributed by atoms with Gasteiger partial charge in [-0.15, -0.1) is 0 Å². The van der Waals surface area contributed by atoms with Gasteiger partial charge < -0.3 is 9.42 Å². The molecule has 1 aliphatic carbocycles. The van der Waals surface area contributed by atoms with Gasteiger partial charge in [-0.3, -0.25) is 9.78 Å². The monoisotopic (exact) mass is 312 g/mol. The van der Waals surface area contributed by atoms with Crippen LogP contribution in [0.4, 0.5) is 0 Å². The zero-order valence-corrected chi connectivity index (χ0v) is 13.0. The third-order valence-electron chi connectivity index (χ3n) is 4.91. The van der Waals surface area contributed by atoms with Gasteiger partial charge in [-0.05, 0) is 31.4 Å². The van der Waals surface area contributed by atoms with Crippen LogP contribution in [0.15, 0.2) is 29.0 Å². The lowest BCUT2D eigenvalue weighted by Crippen LogP contribution is -2.28. The molecule has 4 rings (SSSR count). The highest BCUT2D eigenvalue weighted by Gasteiger charge is 2.32. The lowest BCUT2D eigenvalue weighted by atomic mass is 10.1. The highest BCUT2D eigenvalue weighted by atomic mass is 16.5. The molecule has 1 aliphatic heterocycles. The Balaban J connectivity index is 1.43. The number of nitrogens with zero attached hydrogens (tertiary/aromatic N) is 4. The summed E-state index contributed by atoms with van der Waals surface area (Å²) in [4.78, 5) is 22.9. The molecule has 2 aromatic rings. The summed E-state index contributed by atoms with van der Waals surface area (Å²) in [6, 6.07) is 3.58. The van der Waals surface area contributed by atoms with Crippen LogP contribution in [0.3, 0.4) is 0 Å². The second-order valence-corrected chi connectivity index (χ2v) is 6.45. The fraction of sp³-hybridized carbons (Fsp3) is 0.529. The largest absolute Gasteiger partial charge is 0.339 e. The summed E-state index contributed by atoms with van der Waals surface area (Å²) in [5, 5.41) is 4.17. The van der Waals surface area contributed by atoms with E-state index in [1.54, 1.807) is 24.5 Å². The molecule has 0 N–H and O–H groups in total. The van der Waals surface area contributed by atoms with Crippen LogP contribution in [-0.2, 0) is 0 Å². The summed E-state index contributed by atoms with van der Waals surface area (Å²) in [7, 11) is 0. The molecular formula is C17H20N4O2. The van der Waals surface area contributed by atoms with Gasteiger partial charge in [-0.2, -0.15) is 4.98 Å². The molecule has 6 nitrogen and oxygen atoms in total. The minimum atomic E-state index is 0.0242. The first-order chi connectivity index (χ1) is 11.3. The van der Waals surface area contributed by atoms with Crippen molar-refractivity contribution in [3.63, 3.8) is 0 Å². The van der Waals surface area contributed by atoms with Gasteiger partial charge in [0.15, 0.2) is 5.82 Å². The first-order valence-electron chi connectivity index (χ1n) is 8.34. The topological polar surface area (TPSA) is 72.1 Å². The Morgan fingerprint density at radius 1 is 1.22 bits per heavy atom. The third kappa shape index (κ3) is 2.85. The van der Waals surface area contributed by atoms with Crippen LogP contribution < -0.4 is 0 Å². The molecule has 3 heterocycles. The van der Waals surface area contributed by atoms with Gasteiger partial charge >= 0.3 is 0 Å². The van der Waals surface area contributed by atoms with Crippen molar-refractivity contribution in [1.82, 2.24) is 20.0 Å². The maximum absolute atomic E-state index is 12.5. The van der Waals surface area contributed by atoms with Crippen molar-refractivity contribution < 1.29 is 9.32 Å². The van der Waals surface area contributed by atoms with Gasteiger partial charge in [0.25, 0.3) is 5.91 Å². The van der Waals surface area contributed by atoms with Gasteiger partial charge in [0.2, 0.25) is 5.89 Å². The molecule has 1 saturated heterocycles. The van der Waals surface area contributed by atoms with Crippen molar-refractivity contribution in [3.8, 4) is 0 Å². The highest BCUT2D eigenvalue weighted by molar-refractivity contribution is 5.94. The smallest absolute Gasteiger partial charge is 0.255 e. The number of carbonyl (C=O) groups excluding carboxylic acids is 1. The van der Waals surface area contributed by atoms with E-state index in [4.69, 9.17) is 4.52 Å². The average molecular weight is 312 g/mol. The molecule has 2 aliphatic rings. The molecule has 1 saturated carbocycles. The highest BCUT2D eigenvalue weighted by Crippen LogP contribution is 2.34. The standard InChI is InChI=1S/C17H20N4O2/c22-17(13-6-3-8-18-10-13)21-9-7-14(11-21)16-19-15(20-23-16)12-4-1-2-5-12/h3,6,8,10,12,14H,1-2,4-5,7,9,11H2/t14-/m0/s1. The van der Waals surface area contributed by atoms with E-state index in [9.17, 15) is 4.79 Å². The van der Waals surface area contributed by atoms with Crippen molar-refractivity contribution in [2.45, 2.75) is 43.9 Å². The number of hydrogen-bond acceptors (Lipinski definition) is 5.